The zero-order chi connectivity index (χ0) is 11.1. The molecule has 0 unspecified atom stereocenters. The third kappa shape index (κ3) is 4.43. The Hall–Kier alpha value is -0.220. The first-order chi connectivity index (χ1) is 7.27. The molecule has 0 radical (unpaired) electrons. The quantitative estimate of drug-likeness (QED) is 0.775. The second-order valence-electron chi connectivity index (χ2n) is 4.14. The molecule has 1 rings (SSSR count). The van der Waals surface area contributed by atoms with Crippen molar-refractivity contribution in [1.29, 1.82) is 0 Å². The van der Waals surface area contributed by atoms with Gasteiger partial charge in [0.05, 0.1) is 0 Å². The summed E-state index contributed by atoms with van der Waals surface area (Å²) in [6.07, 6.45) is 6.14. The first-order valence-electron chi connectivity index (χ1n) is 5.74. The van der Waals surface area contributed by atoms with Gasteiger partial charge in [-0.2, -0.15) is 11.8 Å². The van der Waals surface area contributed by atoms with Gasteiger partial charge in [0.15, 0.2) is 0 Å². The number of carbonyl (C=O) groups is 1. The van der Waals surface area contributed by atoms with Gasteiger partial charge in [-0.15, -0.1) is 0 Å². The summed E-state index contributed by atoms with van der Waals surface area (Å²) in [5.41, 5.74) is 5.54. The molecule has 0 aromatic carbocycles. The highest BCUT2D eigenvalue weighted by Crippen LogP contribution is 2.20. The fourth-order valence-electron chi connectivity index (χ4n) is 2.05. The van der Waals surface area contributed by atoms with Crippen molar-refractivity contribution in [2.24, 2.45) is 11.7 Å². The van der Waals surface area contributed by atoms with Gasteiger partial charge in [0.1, 0.15) is 0 Å². The maximum atomic E-state index is 11.7. The summed E-state index contributed by atoms with van der Waals surface area (Å²) in [6.45, 7) is 2.67. The van der Waals surface area contributed by atoms with Crippen LogP contribution in [0.2, 0.25) is 0 Å². The zero-order valence-corrected chi connectivity index (χ0v) is 10.4. The summed E-state index contributed by atoms with van der Waals surface area (Å²) in [6, 6.07) is 0. The van der Waals surface area contributed by atoms with Crippen LogP contribution in [-0.2, 0) is 4.79 Å². The van der Waals surface area contributed by atoms with Gasteiger partial charge in [0, 0.05) is 25.3 Å². The van der Waals surface area contributed by atoms with E-state index in [0.29, 0.717) is 12.3 Å². The van der Waals surface area contributed by atoms with Crippen LogP contribution in [-0.4, -0.2) is 42.4 Å². The summed E-state index contributed by atoms with van der Waals surface area (Å²) in [7, 11) is 0. The van der Waals surface area contributed by atoms with Crippen LogP contribution in [0.15, 0.2) is 0 Å². The summed E-state index contributed by atoms with van der Waals surface area (Å²) in [4.78, 5) is 13.7. The second kappa shape index (κ2) is 7.12. The third-order valence-corrected chi connectivity index (χ3v) is 3.67. The van der Waals surface area contributed by atoms with Crippen LogP contribution in [0.25, 0.3) is 0 Å². The lowest BCUT2D eigenvalue weighted by atomic mass is 9.93. The van der Waals surface area contributed by atoms with E-state index in [1.807, 2.05) is 11.2 Å². The molecule has 1 aliphatic heterocycles. The van der Waals surface area contributed by atoms with Crippen LogP contribution < -0.4 is 5.73 Å². The van der Waals surface area contributed by atoms with Crippen molar-refractivity contribution in [3.8, 4) is 0 Å². The number of nitrogens with zero attached hydrogens (tertiary/aromatic N) is 1. The Morgan fingerprint density at radius 1 is 1.47 bits per heavy atom. The molecule has 0 aromatic rings. The zero-order valence-electron chi connectivity index (χ0n) is 9.58. The van der Waals surface area contributed by atoms with Crippen molar-refractivity contribution < 1.29 is 4.79 Å². The number of nitrogens with two attached hydrogens (primary N) is 1. The number of rotatable bonds is 5. The molecule has 15 heavy (non-hydrogen) atoms. The monoisotopic (exact) mass is 230 g/mol. The first-order valence-corrected chi connectivity index (χ1v) is 7.14. The fourth-order valence-corrected chi connectivity index (χ4v) is 2.43. The van der Waals surface area contributed by atoms with Crippen molar-refractivity contribution in [2.45, 2.75) is 25.7 Å². The topological polar surface area (TPSA) is 46.3 Å². The molecular formula is C11H22N2OS. The van der Waals surface area contributed by atoms with E-state index in [1.54, 1.807) is 11.8 Å². The van der Waals surface area contributed by atoms with Gasteiger partial charge in [-0.25, -0.2) is 0 Å². The number of hydrogen-bond acceptors (Lipinski definition) is 3. The van der Waals surface area contributed by atoms with Crippen LogP contribution >= 0.6 is 11.8 Å². The molecule has 4 heteroatoms. The molecule has 2 N–H and O–H groups in total. The number of piperidine rings is 1. The van der Waals surface area contributed by atoms with E-state index in [9.17, 15) is 4.79 Å². The molecule has 1 fully saturated rings. The van der Waals surface area contributed by atoms with Crippen molar-refractivity contribution in [3.63, 3.8) is 0 Å². The molecule has 1 amide bonds. The Bertz CT molecular complexity index is 191. The highest BCUT2D eigenvalue weighted by Gasteiger charge is 2.21. The standard InChI is InChI=1S/C11H22N2OS/c1-15-9-5-11(14)13-7-3-10(2-6-12)4-8-13/h10H,2-9,12H2,1H3. The molecule has 0 bridgehead atoms. The largest absolute Gasteiger partial charge is 0.343 e. The van der Waals surface area contributed by atoms with E-state index in [4.69, 9.17) is 5.73 Å². The summed E-state index contributed by atoms with van der Waals surface area (Å²) < 4.78 is 0. The predicted molar refractivity (Wildman–Crippen MR) is 66.0 cm³/mol. The lowest BCUT2D eigenvalue weighted by Gasteiger charge is -2.31. The predicted octanol–water partition coefficient (Wildman–Crippen LogP) is 1.33. The molecule has 0 spiro atoms. The number of amides is 1. The summed E-state index contributed by atoms with van der Waals surface area (Å²) >= 11 is 1.74. The Morgan fingerprint density at radius 2 is 2.13 bits per heavy atom. The molecule has 0 saturated carbocycles. The maximum absolute atomic E-state index is 11.7. The number of hydrogen-bond donors (Lipinski definition) is 1. The van der Waals surface area contributed by atoms with Gasteiger partial charge in [0.25, 0.3) is 0 Å². The molecule has 0 aliphatic carbocycles. The normalized spacial score (nSPS) is 18.1. The van der Waals surface area contributed by atoms with Crippen LogP contribution in [0, 0.1) is 5.92 Å². The molecular weight excluding hydrogens is 208 g/mol. The highest BCUT2D eigenvalue weighted by molar-refractivity contribution is 7.98. The van der Waals surface area contributed by atoms with Gasteiger partial charge < -0.3 is 10.6 Å². The fraction of sp³-hybridized carbons (Fsp3) is 0.909. The smallest absolute Gasteiger partial charge is 0.223 e. The third-order valence-electron chi connectivity index (χ3n) is 3.06. The molecule has 0 aromatic heterocycles. The summed E-state index contributed by atoms with van der Waals surface area (Å²) in [5, 5.41) is 0. The van der Waals surface area contributed by atoms with Crippen LogP contribution in [0.4, 0.5) is 0 Å². The molecule has 1 saturated heterocycles. The Kier molecular flexibility index (Phi) is 6.10. The molecule has 0 atom stereocenters. The van der Waals surface area contributed by atoms with Crippen LogP contribution in [0.1, 0.15) is 25.7 Å². The number of thioether (sulfide) groups is 1. The highest BCUT2D eigenvalue weighted by atomic mass is 32.2. The lowest BCUT2D eigenvalue weighted by Crippen LogP contribution is -2.39. The van der Waals surface area contributed by atoms with Crippen LogP contribution in [0.5, 0.6) is 0 Å². The Morgan fingerprint density at radius 3 is 2.67 bits per heavy atom. The number of carbonyl (C=O) groups excluding carboxylic acids is 1. The SMILES string of the molecule is CSCCC(=O)N1CCC(CCN)CC1. The maximum Gasteiger partial charge on any atom is 0.223 e. The van der Waals surface area contributed by atoms with E-state index in [1.165, 1.54) is 0 Å². The van der Waals surface area contributed by atoms with Crippen molar-refractivity contribution in [1.82, 2.24) is 4.90 Å². The van der Waals surface area contributed by atoms with Gasteiger partial charge in [-0.05, 0) is 38.0 Å². The van der Waals surface area contributed by atoms with E-state index in [-0.39, 0.29) is 0 Å². The number of likely N-dealkylation sites (tertiary alicyclic amines) is 1. The minimum atomic E-state index is 0.329. The molecule has 1 heterocycles. The Labute approximate surface area is 96.8 Å². The van der Waals surface area contributed by atoms with Crippen molar-refractivity contribution in [3.05, 3.63) is 0 Å². The molecule has 88 valence electrons. The second-order valence-corrected chi connectivity index (χ2v) is 5.13. The summed E-state index contributed by atoms with van der Waals surface area (Å²) in [5.74, 6) is 2.02. The molecule has 3 nitrogen and oxygen atoms in total. The van der Waals surface area contributed by atoms with Gasteiger partial charge in [-0.3, -0.25) is 4.79 Å². The van der Waals surface area contributed by atoms with E-state index < -0.39 is 0 Å². The van der Waals surface area contributed by atoms with E-state index in [2.05, 4.69) is 0 Å². The van der Waals surface area contributed by atoms with Gasteiger partial charge >= 0.3 is 0 Å². The lowest BCUT2D eigenvalue weighted by molar-refractivity contribution is -0.132. The van der Waals surface area contributed by atoms with E-state index in [0.717, 1.165) is 50.6 Å². The van der Waals surface area contributed by atoms with E-state index >= 15 is 0 Å². The Balaban J connectivity index is 2.21. The minimum absolute atomic E-state index is 0.329. The molecule has 1 aliphatic rings. The van der Waals surface area contributed by atoms with Gasteiger partial charge in [0.2, 0.25) is 5.91 Å². The average Bonchev–Trinajstić information content (AvgIpc) is 2.27. The minimum Gasteiger partial charge on any atom is -0.343 e. The van der Waals surface area contributed by atoms with Crippen molar-refractivity contribution in [2.75, 3.05) is 31.6 Å². The van der Waals surface area contributed by atoms with Crippen LogP contribution in [0.3, 0.4) is 0 Å². The van der Waals surface area contributed by atoms with Crippen molar-refractivity contribution >= 4 is 17.7 Å². The first kappa shape index (κ1) is 12.8. The van der Waals surface area contributed by atoms with Gasteiger partial charge in [-0.1, -0.05) is 0 Å². The average molecular weight is 230 g/mol.